The molecule has 2 heterocycles. The van der Waals surface area contributed by atoms with E-state index in [0.29, 0.717) is 36.5 Å². The number of carbonyl (C=O) groups is 1. The number of nitrogens with one attached hydrogen (secondary N) is 2. The van der Waals surface area contributed by atoms with Crippen LogP contribution >= 0.6 is 0 Å². The highest BCUT2D eigenvalue weighted by Gasteiger charge is 2.12. The maximum Gasteiger partial charge on any atom is 0.254 e. The average Bonchev–Trinajstić information content (AvgIpc) is 2.88. The van der Waals surface area contributed by atoms with Crippen molar-refractivity contribution in [3.63, 3.8) is 0 Å². The van der Waals surface area contributed by atoms with Gasteiger partial charge >= 0.3 is 0 Å². The number of nitrogens with zero attached hydrogens (tertiary/aromatic N) is 4. The second kappa shape index (κ2) is 6.97. The Bertz CT molecular complexity index is 718. The van der Waals surface area contributed by atoms with E-state index < -0.39 is 0 Å². The Morgan fingerprint density at radius 1 is 1.45 bits per heavy atom. The highest BCUT2D eigenvalue weighted by Crippen LogP contribution is 2.01. The fourth-order valence-corrected chi connectivity index (χ4v) is 2.13. The van der Waals surface area contributed by atoms with E-state index in [-0.39, 0.29) is 17.9 Å². The van der Waals surface area contributed by atoms with Crippen molar-refractivity contribution in [1.29, 1.82) is 0 Å². The Balaban J connectivity index is 1.92. The summed E-state index contributed by atoms with van der Waals surface area (Å²) in [4.78, 5) is 35.0. The third-order valence-corrected chi connectivity index (χ3v) is 3.42. The van der Waals surface area contributed by atoms with Crippen LogP contribution in [0.15, 0.2) is 11.1 Å². The summed E-state index contributed by atoms with van der Waals surface area (Å²) >= 11 is 0. The van der Waals surface area contributed by atoms with Gasteiger partial charge in [-0.25, -0.2) is 9.97 Å². The number of amides is 1. The summed E-state index contributed by atoms with van der Waals surface area (Å²) in [6.45, 7) is 4.11. The fraction of sp³-hybridized carbons (Fsp3) is 0.500. The van der Waals surface area contributed by atoms with E-state index >= 15 is 0 Å². The van der Waals surface area contributed by atoms with Gasteiger partial charge in [0.05, 0.1) is 6.42 Å². The van der Waals surface area contributed by atoms with Gasteiger partial charge in [0, 0.05) is 37.7 Å². The summed E-state index contributed by atoms with van der Waals surface area (Å²) in [5.41, 5.74) is 0.769. The van der Waals surface area contributed by atoms with Crippen molar-refractivity contribution in [2.45, 2.75) is 33.1 Å². The minimum atomic E-state index is -0.243. The summed E-state index contributed by atoms with van der Waals surface area (Å²) in [5, 5.41) is 6.74. The van der Waals surface area contributed by atoms with E-state index in [0.717, 1.165) is 5.82 Å². The first-order valence-corrected chi connectivity index (χ1v) is 7.19. The van der Waals surface area contributed by atoms with Gasteiger partial charge in [0.1, 0.15) is 18.0 Å². The third-order valence-electron chi connectivity index (χ3n) is 3.42. The van der Waals surface area contributed by atoms with E-state index in [1.165, 1.54) is 6.33 Å². The molecule has 0 aliphatic heterocycles. The topological polar surface area (TPSA) is 106 Å². The molecule has 2 aromatic rings. The summed E-state index contributed by atoms with van der Waals surface area (Å²) in [5.74, 6) is 1.22. The normalized spacial score (nSPS) is 10.7. The second-order valence-corrected chi connectivity index (χ2v) is 5.01. The van der Waals surface area contributed by atoms with Gasteiger partial charge in [0.15, 0.2) is 0 Å². The third kappa shape index (κ3) is 3.78. The maximum atomic E-state index is 12.0. The molecule has 22 heavy (non-hydrogen) atoms. The lowest BCUT2D eigenvalue weighted by Crippen LogP contribution is -2.31. The molecule has 0 radical (unpaired) electrons. The van der Waals surface area contributed by atoms with Crippen LogP contribution in [0.1, 0.15) is 29.8 Å². The monoisotopic (exact) mass is 304 g/mol. The molecular weight excluding hydrogens is 284 g/mol. The van der Waals surface area contributed by atoms with Crippen LogP contribution in [0.4, 0.5) is 0 Å². The van der Waals surface area contributed by atoms with Crippen molar-refractivity contribution in [2.24, 2.45) is 7.05 Å². The molecule has 0 aromatic carbocycles. The van der Waals surface area contributed by atoms with Crippen LogP contribution in [0.3, 0.4) is 0 Å². The molecule has 118 valence electrons. The van der Waals surface area contributed by atoms with Crippen LogP contribution in [-0.4, -0.2) is 37.2 Å². The summed E-state index contributed by atoms with van der Waals surface area (Å²) in [6.07, 6.45) is 2.74. The van der Waals surface area contributed by atoms with Crippen LogP contribution in [0.5, 0.6) is 0 Å². The number of aryl methyl sites for hydroxylation is 3. The lowest BCUT2D eigenvalue weighted by atomic mass is 10.1. The molecule has 0 aliphatic carbocycles. The van der Waals surface area contributed by atoms with Crippen molar-refractivity contribution >= 4 is 5.91 Å². The number of carbonyl (C=O) groups excluding carboxylic acids is 1. The molecule has 2 aromatic heterocycles. The highest BCUT2D eigenvalue weighted by molar-refractivity contribution is 5.78. The predicted octanol–water partition coefficient (Wildman–Crippen LogP) is -0.329. The Morgan fingerprint density at radius 3 is 2.82 bits per heavy atom. The van der Waals surface area contributed by atoms with Crippen LogP contribution < -0.4 is 10.9 Å². The largest absolute Gasteiger partial charge is 0.355 e. The standard InChI is InChI=1S/C14H20N6O2/c1-4-11-18-9(2)10(14(22)19-11)7-13(21)15-6-5-12-16-8-17-20(12)3/h8H,4-7H2,1-3H3,(H,15,21)(H,18,19,22). The molecular formula is C14H20N6O2. The number of hydrogen-bond acceptors (Lipinski definition) is 5. The number of aromatic nitrogens is 5. The van der Waals surface area contributed by atoms with Crippen LogP contribution in [0, 0.1) is 6.92 Å². The number of aromatic amines is 1. The zero-order chi connectivity index (χ0) is 16.1. The smallest absolute Gasteiger partial charge is 0.254 e. The molecule has 0 unspecified atom stereocenters. The molecule has 8 heteroatoms. The molecule has 0 bridgehead atoms. The van der Waals surface area contributed by atoms with Crippen molar-refractivity contribution < 1.29 is 4.79 Å². The Kier molecular flexibility index (Phi) is 5.03. The van der Waals surface area contributed by atoms with Gasteiger partial charge in [-0.2, -0.15) is 5.10 Å². The van der Waals surface area contributed by atoms with Crippen LogP contribution in [0.2, 0.25) is 0 Å². The molecule has 0 saturated carbocycles. The van der Waals surface area contributed by atoms with Gasteiger partial charge < -0.3 is 10.3 Å². The molecule has 1 amide bonds. The van der Waals surface area contributed by atoms with Gasteiger partial charge in [-0.3, -0.25) is 14.3 Å². The molecule has 0 atom stereocenters. The highest BCUT2D eigenvalue weighted by atomic mass is 16.2. The Labute approximate surface area is 128 Å². The second-order valence-electron chi connectivity index (χ2n) is 5.01. The quantitative estimate of drug-likeness (QED) is 0.760. The summed E-state index contributed by atoms with van der Waals surface area (Å²) in [6, 6.07) is 0. The number of H-pyrrole nitrogens is 1. The van der Waals surface area contributed by atoms with E-state index in [9.17, 15) is 9.59 Å². The number of hydrogen-bond donors (Lipinski definition) is 2. The molecule has 2 rings (SSSR count). The van der Waals surface area contributed by atoms with Crippen molar-refractivity contribution in [3.8, 4) is 0 Å². The van der Waals surface area contributed by atoms with E-state index in [1.54, 1.807) is 18.7 Å². The molecule has 0 aliphatic rings. The SMILES string of the molecule is CCc1nc(C)c(CC(=O)NCCc2ncnn2C)c(=O)[nH]1. The van der Waals surface area contributed by atoms with Crippen molar-refractivity contribution in [3.05, 3.63) is 39.6 Å². The Hall–Kier alpha value is -2.51. The van der Waals surface area contributed by atoms with Gasteiger partial charge in [-0.15, -0.1) is 0 Å². The maximum absolute atomic E-state index is 12.0. The molecule has 8 nitrogen and oxygen atoms in total. The zero-order valence-electron chi connectivity index (χ0n) is 13.0. The lowest BCUT2D eigenvalue weighted by molar-refractivity contribution is -0.120. The summed E-state index contributed by atoms with van der Waals surface area (Å²) < 4.78 is 1.66. The first-order chi connectivity index (χ1) is 10.5. The zero-order valence-corrected chi connectivity index (χ0v) is 13.0. The van der Waals surface area contributed by atoms with Crippen LogP contribution in [-0.2, 0) is 31.1 Å². The van der Waals surface area contributed by atoms with Gasteiger partial charge in [0.2, 0.25) is 5.91 Å². The average molecular weight is 304 g/mol. The minimum absolute atomic E-state index is 0.0248. The lowest BCUT2D eigenvalue weighted by Gasteiger charge is -2.07. The van der Waals surface area contributed by atoms with Crippen molar-refractivity contribution in [1.82, 2.24) is 30.0 Å². The van der Waals surface area contributed by atoms with Crippen molar-refractivity contribution in [2.75, 3.05) is 6.54 Å². The summed E-state index contributed by atoms with van der Waals surface area (Å²) in [7, 11) is 1.80. The van der Waals surface area contributed by atoms with E-state index in [2.05, 4.69) is 25.4 Å². The molecule has 0 saturated heterocycles. The predicted molar refractivity (Wildman–Crippen MR) is 80.4 cm³/mol. The molecule has 0 fully saturated rings. The minimum Gasteiger partial charge on any atom is -0.355 e. The fourth-order valence-electron chi connectivity index (χ4n) is 2.13. The van der Waals surface area contributed by atoms with Crippen LogP contribution in [0.25, 0.3) is 0 Å². The first-order valence-electron chi connectivity index (χ1n) is 7.19. The van der Waals surface area contributed by atoms with E-state index in [1.807, 2.05) is 6.92 Å². The Morgan fingerprint density at radius 2 is 2.23 bits per heavy atom. The van der Waals surface area contributed by atoms with Gasteiger partial charge in [-0.05, 0) is 6.92 Å². The number of rotatable bonds is 6. The van der Waals surface area contributed by atoms with Gasteiger partial charge in [0.25, 0.3) is 5.56 Å². The van der Waals surface area contributed by atoms with E-state index in [4.69, 9.17) is 0 Å². The first kappa shape index (κ1) is 15.9. The molecule has 2 N–H and O–H groups in total. The van der Waals surface area contributed by atoms with Gasteiger partial charge in [-0.1, -0.05) is 6.92 Å². The molecule has 0 spiro atoms.